The second-order valence-corrected chi connectivity index (χ2v) is 6.89. The number of allylic oxidation sites excluding steroid dienone is 2. The first-order valence-corrected chi connectivity index (χ1v) is 7.00. The molecule has 0 spiro atoms. The highest BCUT2D eigenvalue weighted by molar-refractivity contribution is 5.98. The molecular formula is C16H25NO3. The van der Waals surface area contributed by atoms with E-state index >= 15 is 0 Å². The van der Waals surface area contributed by atoms with Crippen molar-refractivity contribution in [1.29, 1.82) is 0 Å². The van der Waals surface area contributed by atoms with Gasteiger partial charge < -0.3 is 5.32 Å². The standard InChI is InChI=1S/C16H25NO3/c1-9(15(4,5)11(3)18)12(19)8-13-16(6,7)10(2)14(20)17-13/h8-10H,1-7H3,(H,17,20)/b13-8-. The maximum atomic E-state index is 12.4. The lowest BCUT2D eigenvalue weighted by Crippen LogP contribution is -2.34. The molecule has 4 heteroatoms. The monoisotopic (exact) mass is 279 g/mol. The lowest BCUT2D eigenvalue weighted by Gasteiger charge is -2.28. The van der Waals surface area contributed by atoms with Gasteiger partial charge in [-0.05, 0) is 6.92 Å². The third-order valence-electron chi connectivity index (χ3n) is 5.13. The fraction of sp³-hybridized carbons (Fsp3) is 0.688. The summed E-state index contributed by atoms with van der Waals surface area (Å²) in [6, 6.07) is 0. The largest absolute Gasteiger partial charge is 0.329 e. The Morgan fingerprint density at radius 1 is 1.35 bits per heavy atom. The molecular weight excluding hydrogens is 254 g/mol. The van der Waals surface area contributed by atoms with Crippen LogP contribution in [-0.2, 0) is 14.4 Å². The van der Waals surface area contributed by atoms with Crippen molar-refractivity contribution in [2.45, 2.75) is 48.5 Å². The number of hydrogen-bond donors (Lipinski definition) is 1. The van der Waals surface area contributed by atoms with Gasteiger partial charge in [-0.15, -0.1) is 0 Å². The summed E-state index contributed by atoms with van der Waals surface area (Å²) < 4.78 is 0. The van der Waals surface area contributed by atoms with E-state index in [9.17, 15) is 14.4 Å². The van der Waals surface area contributed by atoms with Crippen LogP contribution in [0.2, 0.25) is 0 Å². The Bertz CT molecular complexity index is 486. The zero-order valence-corrected chi connectivity index (χ0v) is 13.5. The van der Waals surface area contributed by atoms with Gasteiger partial charge in [0, 0.05) is 34.4 Å². The van der Waals surface area contributed by atoms with Gasteiger partial charge in [0.05, 0.1) is 0 Å². The van der Waals surface area contributed by atoms with Gasteiger partial charge in [0.25, 0.3) is 0 Å². The Kier molecular flexibility index (Phi) is 4.28. The molecule has 1 saturated heterocycles. The Balaban J connectivity index is 3.04. The molecule has 0 saturated carbocycles. The molecule has 1 fully saturated rings. The zero-order valence-electron chi connectivity index (χ0n) is 13.5. The Morgan fingerprint density at radius 2 is 1.85 bits per heavy atom. The fourth-order valence-electron chi connectivity index (χ4n) is 2.11. The first-order chi connectivity index (χ1) is 8.92. The van der Waals surface area contributed by atoms with Crippen molar-refractivity contribution >= 4 is 17.5 Å². The number of Topliss-reactive ketones (excluding diaryl/α,β-unsaturated/α-hetero) is 1. The van der Waals surface area contributed by atoms with Crippen LogP contribution in [0.3, 0.4) is 0 Å². The third kappa shape index (κ3) is 2.69. The highest BCUT2D eigenvalue weighted by Gasteiger charge is 2.43. The molecule has 1 rings (SSSR count). The summed E-state index contributed by atoms with van der Waals surface area (Å²) in [7, 11) is 0. The third-order valence-corrected chi connectivity index (χ3v) is 5.13. The number of hydrogen-bond acceptors (Lipinski definition) is 3. The number of carbonyl (C=O) groups is 3. The molecule has 0 aromatic heterocycles. The predicted octanol–water partition coefficient (Wildman–Crippen LogP) is 2.48. The maximum absolute atomic E-state index is 12.4. The van der Waals surface area contributed by atoms with Gasteiger partial charge in [-0.2, -0.15) is 0 Å². The van der Waals surface area contributed by atoms with Crippen LogP contribution in [0.4, 0.5) is 0 Å². The second kappa shape index (κ2) is 5.15. The van der Waals surface area contributed by atoms with Crippen LogP contribution in [0.25, 0.3) is 0 Å². The van der Waals surface area contributed by atoms with Gasteiger partial charge in [0.15, 0.2) is 5.78 Å². The summed E-state index contributed by atoms with van der Waals surface area (Å²) in [6.07, 6.45) is 1.50. The van der Waals surface area contributed by atoms with Crippen LogP contribution in [0.1, 0.15) is 48.5 Å². The van der Waals surface area contributed by atoms with Gasteiger partial charge in [0.2, 0.25) is 5.91 Å². The molecule has 112 valence electrons. The van der Waals surface area contributed by atoms with E-state index in [0.29, 0.717) is 5.70 Å². The molecule has 2 atom stereocenters. The van der Waals surface area contributed by atoms with Crippen molar-refractivity contribution in [3.63, 3.8) is 0 Å². The number of carbonyl (C=O) groups excluding carboxylic acids is 3. The fourth-order valence-corrected chi connectivity index (χ4v) is 2.11. The molecule has 2 unspecified atom stereocenters. The smallest absolute Gasteiger partial charge is 0.227 e. The quantitative estimate of drug-likeness (QED) is 0.804. The van der Waals surface area contributed by atoms with Crippen molar-refractivity contribution in [3.05, 3.63) is 11.8 Å². The van der Waals surface area contributed by atoms with Crippen molar-refractivity contribution in [1.82, 2.24) is 5.32 Å². The molecule has 1 heterocycles. The van der Waals surface area contributed by atoms with Gasteiger partial charge in [0.1, 0.15) is 5.78 Å². The van der Waals surface area contributed by atoms with E-state index < -0.39 is 11.3 Å². The van der Waals surface area contributed by atoms with E-state index in [1.807, 2.05) is 20.8 Å². The van der Waals surface area contributed by atoms with E-state index in [-0.39, 0.29) is 28.8 Å². The van der Waals surface area contributed by atoms with Crippen LogP contribution in [0, 0.1) is 22.7 Å². The van der Waals surface area contributed by atoms with Crippen molar-refractivity contribution in [2.24, 2.45) is 22.7 Å². The lowest BCUT2D eigenvalue weighted by atomic mass is 9.73. The Labute approximate surface area is 121 Å². The van der Waals surface area contributed by atoms with Crippen LogP contribution < -0.4 is 5.32 Å². The van der Waals surface area contributed by atoms with Crippen LogP contribution in [0.15, 0.2) is 11.8 Å². The minimum atomic E-state index is -0.702. The van der Waals surface area contributed by atoms with E-state index in [1.165, 1.54) is 13.0 Å². The lowest BCUT2D eigenvalue weighted by molar-refractivity contribution is -0.133. The van der Waals surface area contributed by atoms with Crippen LogP contribution in [-0.4, -0.2) is 17.5 Å². The maximum Gasteiger partial charge on any atom is 0.227 e. The topological polar surface area (TPSA) is 63.2 Å². The van der Waals surface area contributed by atoms with E-state index in [0.717, 1.165) is 0 Å². The van der Waals surface area contributed by atoms with E-state index in [1.54, 1.807) is 20.8 Å². The number of ketones is 2. The summed E-state index contributed by atoms with van der Waals surface area (Å²) in [6.45, 7) is 12.5. The molecule has 1 N–H and O–H groups in total. The van der Waals surface area contributed by atoms with Crippen LogP contribution in [0.5, 0.6) is 0 Å². The normalized spacial score (nSPS) is 25.4. The molecule has 0 aromatic rings. The molecule has 0 radical (unpaired) electrons. The number of nitrogens with one attached hydrogen (secondary N) is 1. The highest BCUT2D eigenvalue weighted by Crippen LogP contribution is 2.39. The highest BCUT2D eigenvalue weighted by atomic mass is 16.2. The predicted molar refractivity (Wildman–Crippen MR) is 77.8 cm³/mol. The zero-order chi connectivity index (χ0) is 15.9. The van der Waals surface area contributed by atoms with Crippen molar-refractivity contribution in [2.75, 3.05) is 0 Å². The summed E-state index contributed by atoms with van der Waals surface area (Å²) in [5.74, 6) is -0.788. The minimum absolute atomic E-state index is 0.0140. The molecule has 1 aliphatic heterocycles. The first kappa shape index (κ1) is 16.6. The summed E-state index contributed by atoms with van der Waals surface area (Å²) in [5.41, 5.74) is -0.439. The molecule has 1 amide bonds. The molecule has 0 bridgehead atoms. The van der Waals surface area contributed by atoms with Crippen molar-refractivity contribution < 1.29 is 14.4 Å². The SMILES string of the molecule is CC(=O)C(C)(C)C(C)C(=O)/C=C1\NC(=O)C(C)C1(C)C. The molecule has 0 aliphatic carbocycles. The van der Waals surface area contributed by atoms with Gasteiger partial charge in [-0.3, -0.25) is 14.4 Å². The van der Waals surface area contributed by atoms with Crippen molar-refractivity contribution in [3.8, 4) is 0 Å². The average Bonchev–Trinajstić information content (AvgIpc) is 2.52. The molecule has 1 aliphatic rings. The number of rotatable bonds is 4. The molecule has 4 nitrogen and oxygen atoms in total. The number of amides is 1. The summed E-state index contributed by atoms with van der Waals surface area (Å²) in [4.78, 5) is 35.7. The first-order valence-electron chi connectivity index (χ1n) is 7.00. The molecule has 0 aromatic carbocycles. The second-order valence-electron chi connectivity index (χ2n) is 6.89. The summed E-state index contributed by atoms with van der Waals surface area (Å²) in [5, 5.41) is 2.78. The van der Waals surface area contributed by atoms with Gasteiger partial charge in [-0.25, -0.2) is 0 Å². The van der Waals surface area contributed by atoms with Crippen LogP contribution >= 0.6 is 0 Å². The van der Waals surface area contributed by atoms with Gasteiger partial charge >= 0.3 is 0 Å². The van der Waals surface area contributed by atoms with E-state index in [4.69, 9.17) is 0 Å². The minimum Gasteiger partial charge on any atom is -0.329 e. The molecule has 20 heavy (non-hydrogen) atoms. The Hall–Kier alpha value is -1.45. The summed E-state index contributed by atoms with van der Waals surface area (Å²) >= 11 is 0. The van der Waals surface area contributed by atoms with E-state index in [2.05, 4.69) is 5.32 Å². The average molecular weight is 279 g/mol. The Morgan fingerprint density at radius 3 is 2.20 bits per heavy atom. The van der Waals surface area contributed by atoms with Gasteiger partial charge in [-0.1, -0.05) is 41.5 Å².